The van der Waals surface area contributed by atoms with Crippen molar-refractivity contribution in [2.75, 3.05) is 14.2 Å². The minimum Gasteiger partial charge on any atom is -0.494 e. The Bertz CT molecular complexity index is 1500. The van der Waals surface area contributed by atoms with E-state index in [0.29, 0.717) is 46.7 Å². The molecule has 0 bridgehead atoms. The number of nitrogens with one attached hydrogen (secondary N) is 2. The number of methoxy groups -OCH3 is 2. The maximum Gasteiger partial charge on any atom is 0.289 e. The molecule has 11 nitrogen and oxygen atoms in total. The van der Waals surface area contributed by atoms with Crippen molar-refractivity contribution in [1.82, 2.24) is 14.7 Å². The third-order valence-corrected chi connectivity index (χ3v) is 5.75. The van der Waals surface area contributed by atoms with Crippen LogP contribution in [0.4, 0.5) is 0 Å². The minimum atomic E-state index is -0.849. The lowest BCUT2D eigenvalue weighted by Crippen LogP contribution is -2.27. The Hall–Kier alpha value is -4.67. The maximum atomic E-state index is 13.0. The fourth-order valence-electron chi connectivity index (χ4n) is 3.97. The lowest BCUT2D eigenvalue weighted by atomic mass is 10.1. The van der Waals surface area contributed by atoms with Crippen molar-refractivity contribution in [1.29, 1.82) is 10.8 Å². The predicted octanol–water partition coefficient (Wildman–Crippen LogP) is 4.00. The lowest BCUT2D eigenvalue weighted by molar-refractivity contribution is 0.378. The van der Waals surface area contributed by atoms with E-state index in [9.17, 15) is 9.90 Å². The highest BCUT2D eigenvalue weighted by molar-refractivity contribution is 6.01. The second-order valence-corrected chi connectivity index (χ2v) is 8.14. The molecule has 0 unspecified atom stereocenters. The second kappa shape index (κ2) is 10.9. The third-order valence-electron chi connectivity index (χ3n) is 5.75. The van der Waals surface area contributed by atoms with Crippen LogP contribution in [0.1, 0.15) is 36.8 Å². The number of aromatic nitrogens is 3. The highest BCUT2D eigenvalue weighted by Crippen LogP contribution is 2.36. The molecule has 11 heteroatoms. The minimum absolute atomic E-state index is 0.0866. The fourth-order valence-corrected chi connectivity index (χ4v) is 3.97. The molecule has 0 atom stereocenters. The SMILES string of the molecule is CCCCc1nc(=O)c(C(=N)OC(=N)Cc2noc3ccccc23)c(O)n1-c1c(OC)cccc1OC. The Kier molecular flexibility index (Phi) is 7.52. The van der Waals surface area contributed by atoms with Crippen LogP contribution in [0.2, 0.25) is 0 Å². The van der Waals surface area contributed by atoms with Gasteiger partial charge < -0.3 is 23.8 Å². The molecule has 0 aliphatic heterocycles. The van der Waals surface area contributed by atoms with Crippen LogP contribution in [0, 0.1) is 10.8 Å². The molecule has 0 aliphatic carbocycles. The molecular formula is C26H27N5O6. The van der Waals surface area contributed by atoms with Crippen LogP contribution < -0.4 is 15.0 Å². The van der Waals surface area contributed by atoms with Gasteiger partial charge in [-0.1, -0.05) is 36.7 Å². The van der Waals surface area contributed by atoms with E-state index < -0.39 is 22.9 Å². The first-order chi connectivity index (χ1) is 17.9. The van der Waals surface area contributed by atoms with Gasteiger partial charge in [0.15, 0.2) is 17.0 Å². The van der Waals surface area contributed by atoms with Gasteiger partial charge in [0.05, 0.1) is 20.6 Å². The van der Waals surface area contributed by atoms with Crippen molar-refractivity contribution in [2.45, 2.75) is 32.6 Å². The molecule has 192 valence electrons. The first-order valence-corrected chi connectivity index (χ1v) is 11.6. The topological polar surface area (TPSA) is 157 Å². The van der Waals surface area contributed by atoms with Crippen LogP contribution in [0.5, 0.6) is 17.4 Å². The largest absolute Gasteiger partial charge is 0.494 e. The number of nitrogens with zero attached hydrogens (tertiary/aromatic N) is 3. The molecule has 4 aromatic rings. The zero-order valence-corrected chi connectivity index (χ0v) is 20.7. The van der Waals surface area contributed by atoms with Crippen molar-refractivity contribution in [3.8, 4) is 23.1 Å². The Labute approximate surface area is 212 Å². The number of para-hydroxylation sites is 2. The molecule has 2 aromatic carbocycles. The average molecular weight is 506 g/mol. The molecule has 0 amide bonds. The van der Waals surface area contributed by atoms with Gasteiger partial charge in [-0.05, 0) is 30.7 Å². The first-order valence-electron chi connectivity index (χ1n) is 11.6. The number of rotatable bonds is 9. The average Bonchev–Trinajstić information content (AvgIpc) is 3.29. The van der Waals surface area contributed by atoms with Crippen molar-refractivity contribution in [3.63, 3.8) is 0 Å². The van der Waals surface area contributed by atoms with E-state index in [1.165, 1.54) is 18.8 Å². The Morgan fingerprint density at radius 2 is 1.78 bits per heavy atom. The van der Waals surface area contributed by atoms with E-state index in [1.807, 2.05) is 13.0 Å². The van der Waals surface area contributed by atoms with Crippen LogP contribution in [0.15, 0.2) is 51.8 Å². The maximum absolute atomic E-state index is 13.0. The van der Waals surface area contributed by atoms with Gasteiger partial charge in [0.1, 0.15) is 28.7 Å². The van der Waals surface area contributed by atoms with E-state index >= 15 is 0 Å². The summed E-state index contributed by atoms with van der Waals surface area (Å²) >= 11 is 0. The molecule has 0 radical (unpaired) electrons. The quantitative estimate of drug-likeness (QED) is 0.228. The number of aromatic hydroxyl groups is 1. The summed E-state index contributed by atoms with van der Waals surface area (Å²) in [4.78, 5) is 17.1. The van der Waals surface area contributed by atoms with E-state index in [-0.39, 0.29) is 18.1 Å². The molecule has 0 saturated heterocycles. The van der Waals surface area contributed by atoms with Gasteiger partial charge >= 0.3 is 0 Å². The molecule has 37 heavy (non-hydrogen) atoms. The van der Waals surface area contributed by atoms with Crippen molar-refractivity contribution < 1.29 is 23.8 Å². The molecule has 0 saturated carbocycles. The van der Waals surface area contributed by atoms with Gasteiger partial charge in [0.2, 0.25) is 11.8 Å². The van der Waals surface area contributed by atoms with Crippen molar-refractivity contribution in [2.24, 2.45) is 0 Å². The number of benzene rings is 2. The number of fused-ring (bicyclic) bond motifs is 1. The third kappa shape index (κ3) is 5.01. The van der Waals surface area contributed by atoms with Gasteiger partial charge in [0, 0.05) is 11.8 Å². The molecular weight excluding hydrogens is 478 g/mol. The molecule has 0 aliphatic rings. The number of hydrogen-bond acceptors (Lipinski definition) is 10. The lowest BCUT2D eigenvalue weighted by Gasteiger charge is -2.21. The van der Waals surface area contributed by atoms with E-state index in [1.54, 1.807) is 36.4 Å². The standard InChI is InChI=1S/C26H27N5O6/c1-4-5-13-21-29-25(32)22(26(33)31(21)23-18(34-2)11-8-12-19(23)35-3)24(28)36-20(27)14-16-15-9-6-7-10-17(15)37-30-16/h6-12,27-28,33H,4-5,13-14H2,1-3H3. The zero-order chi connectivity index (χ0) is 26.5. The molecule has 2 aromatic heterocycles. The smallest absolute Gasteiger partial charge is 0.289 e. The zero-order valence-electron chi connectivity index (χ0n) is 20.7. The Morgan fingerprint density at radius 3 is 2.46 bits per heavy atom. The van der Waals surface area contributed by atoms with Gasteiger partial charge in [-0.15, -0.1) is 0 Å². The van der Waals surface area contributed by atoms with E-state index in [4.69, 9.17) is 29.6 Å². The van der Waals surface area contributed by atoms with Crippen LogP contribution in [-0.2, 0) is 17.6 Å². The monoisotopic (exact) mass is 505 g/mol. The number of hydrogen-bond donors (Lipinski definition) is 3. The highest BCUT2D eigenvalue weighted by atomic mass is 16.5. The summed E-state index contributed by atoms with van der Waals surface area (Å²) in [6.45, 7) is 1.99. The predicted molar refractivity (Wildman–Crippen MR) is 137 cm³/mol. The summed E-state index contributed by atoms with van der Waals surface area (Å²) in [5.74, 6) is -0.660. The molecule has 3 N–H and O–H groups in total. The molecule has 4 rings (SSSR count). The number of unbranched alkanes of at least 4 members (excludes halogenated alkanes) is 1. The second-order valence-electron chi connectivity index (χ2n) is 8.14. The van der Waals surface area contributed by atoms with Crippen LogP contribution >= 0.6 is 0 Å². The first kappa shape index (κ1) is 25.4. The van der Waals surface area contributed by atoms with Gasteiger partial charge in [-0.25, -0.2) is 0 Å². The summed E-state index contributed by atoms with van der Waals surface area (Å²) in [6.07, 6.45) is 1.82. The fraction of sp³-hybridized carbons (Fsp3) is 0.269. The van der Waals surface area contributed by atoms with Crippen LogP contribution in [-0.4, -0.2) is 45.8 Å². The molecule has 0 spiro atoms. The summed E-state index contributed by atoms with van der Waals surface area (Å²) in [5.41, 5.74) is -0.0245. The van der Waals surface area contributed by atoms with Crippen molar-refractivity contribution in [3.05, 3.63) is 69.9 Å². The highest BCUT2D eigenvalue weighted by Gasteiger charge is 2.26. The summed E-state index contributed by atoms with van der Waals surface area (Å²) in [5, 5.41) is 32.6. The van der Waals surface area contributed by atoms with Crippen LogP contribution in [0.25, 0.3) is 16.7 Å². The van der Waals surface area contributed by atoms with Crippen molar-refractivity contribution >= 4 is 22.8 Å². The van der Waals surface area contributed by atoms with E-state index in [0.717, 1.165) is 6.42 Å². The van der Waals surface area contributed by atoms with Gasteiger partial charge in [-0.2, -0.15) is 4.98 Å². The molecule has 0 fully saturated rings. The number of ether oxygens (including phenoxy) is 3. The van der Waals surface area contributed by atoms with Crippen LogP contribution in [0.3, 0.4) is 0 Å². The van der Waals surface area contributed by atoms with Gasteiger partial charge in [0.25, 0.3) is 5.56 Å². The number of aryl methyl sites for hydroxylation is 1. The summed E-state index contributed by atoms with van der Waals surface area (Å²) in [7, 11) is 2.94. The Balaban J connectivity index is 1.74. The van der Waals surface area contributed by atoms with Gasteiger partial charge in [-0.3, -0.25) is 20.2 Å². The van der Waals surface area contributed by atoms with E-state index in [2.05, 4.69) is 10.1 Å². The normalized spacial score (nSPS) is 10.9. The Morgan fingerprint density at radius 1 is 1.08 bits per heavy atom. The summed E-state index contributed by atoms with van der Waals surface area (Å²) in [6, 6.07) is 12.2. The summed E-state index contributed by atoms with van der Waals surface area (Å²) < 4.78 is 22.9. The molecule has 2 heterocycles.